The summed E-state index contributed by atoms with van der Waals surface area (Å²) >= 11 is 0. The van der Waals surface area contributed by atoms with Crippen molar-refractivity contribution in [3.05, 3.63) is 54.4 Å². The van der Waals surface area contributed by atoms with E-state index in [1.165, 1.54) is 5.56 Å². The van der Waals surface area contributed by atoms with Gasteiger partial charge in [-0.3, -0.25) is 4.79 Å². The van der Waals surface area contributed by atoms with Crippen LogP contribution in [0.15, 0.2) is 48.8 Å². The van der Waals surface area contributed by atoms with Gasteiger partial charge in [0.05, 0.1) is 0 Å². The van der Waals surface area contributed by atoms with E-state index < -0.39 is 0 Å². The highest BCUT2D eigenvalue weighted by Crippen LogP contribution is 2.20. The molecule has 6 heteroatoms. The molecule has 1 saturated heterocycles. The Morgan fingerprint density at radius 3 is 2.44 bits per heavy atom. The van der Waals surface area contributed by atoms with E-state index in [1.54, 1.807) is 12.4 Å². The van der Waals surface area contributed by atoms with Crippen LogP contribution in [0.1, 0.15) is 18.4 Å². The van der Waals surface area contributed by atoms with Gasteiger partial charge in [0.1, 0.15) is 0 Å². The van der Waals surface area contributed by atoms with Crippen molar-refractivity contribution in [1.82, 2.24) is 20.2 Å². The molecule has 0 bridgehead atoms. The number of carbonyl (C=O) groups excluding carboxylic acids is 1. The van der Waals surface area contributed by atoms with Gasteiger partial charge in [0.25, 0.3) is 0 Å². The summed E-state index contributed by atoms with van der Waals surface area (Å²) in [7, 11) is 4.14. The van der Waals surface area contributed by atoms with Gasteiger partial charge >= 0.3 is 0 Å². The monoisotopic (exact) mass is 367 g/mol. The van der Waals surface area contributed by atoms with E-state index in [-0.39, 0.29) is 17.9 Å². The van der Waals surface area contributed by atoms with Gasteiger partial charge < -0.3 is 15.1 Å². The second-order valence-electron chi connectivity index (χ2n) is 7.36. The number of hydrogen-bond acceptors (Lipinski definition) is 5. The molecular formula is C21H29N5O. The highest BCUT2D eigenvalue weighted by Gasteiger charge is 2.26. The molecule has 1 aliphatic heterocycles. The standard InChI is InChI=1S/C21H29N5O/c1-25(2)19(15-17-7-4-3-5-8-17)16-24-20(27)18-9-13-26(14-10-18)21-22-11-6-12-23-21/h3-8,11-12,18-19H,9-10,13-16H2,1-2H3,(H,24,27)/t19-/m0/s1. The van der Waals surface area contributed by atoms with Crippen molar-refractivity contribution in [3.63, 3.8) is 0 Å². The Bertz CT molecular complexity index is 699. The van der Waals surface area contributed by atoms with Crippen LogP contribution in [0.3, 0.4) is 0 Å². The smallest absolute Gasteiger partial charge is 0.225 e. The number of hydrogen-bond donors (Lipinski definition) is 1. The second kappa shape index (κ2) is 9.46. The summed E-state index contributed by atoms with van der Waals surface area (Å²) in [6, 6.07) is 12.5. The lowest BCUT2D eigenvalue weighted by molar-refractivity contribution is -0.125. The first-order valence-electron chi connectivity index (χ1n) is 9.63. The molecule has 1 aromatic carbocycles. The first-order valence-corrected chi connectivity index (χ1v) is 9.63. The largest absolute Gasteiger partial charge is 0.354 e. The Labute approximate surface area is 161 Å². The summed E-state index contributed by atoms with van der Waals surface area (Å²) in [4.78, 5) is 25.6. The molecule has 0 radical (unpaired) electrons. The Hall–Kier alpha value is -2.47. The van der Waals surface area contributed by atoms with E-state index >= 15 is 0 Å². The van der Waals surface area contributed by atoms with E-state index in [0.29, 0.717) is 6.54 Å². The molecule has 1 aliphatic rings. The molecule has 27 heavy (non-hydrogen) atoms. The van der Waals surface area contributed by atoms with E-state index in [2.05, 4.69) is 63.4 Å². The normalized spacial score (nSPS) is 16.3. The molecule has 3 rings (SSSR count). The van der Waals surface area contributed by atoms with Crippen molar-refractivity contribution in [2.75, 3.05) is 38.6 Å². The summed E-state index contributed by atoms with van der Waals surface area (Å²) in [5, 5.41) is 3.18. The zero-order chi connectivity index (χ0) is 19.1. The Morgan fingerprint density at radius 2 is 1.81 bits per heavy atom. The maximum absolute atomic E-state index is 12.6. The SMILES string of the molecule is CN(C)[C@H](CNC(=O)C1CCN(c2ncccn2)CC1)Cc1ccccc1. The van der Waals surface area contributed by atoms with Gasteiger partial charge in [-0.05, 0) is 45.0 Å². The van der Waals surface area contributed by atoms with Crippen molar-refractivity contribution in [2.45, 2.75) is 25.3 Å². The number of anilines is 1. The predicted molar refractivity (Wildman–Crippen MR) is 108 cm³/mol. The summed E-state index contributed by atoms with van der Waals surface area (Å²) in [6.45, 7) is 2.31. The Kier molecular flexibility index (Phi) is 6.76. The van der Waals surface area contributed by atoms with Gasteiger partial charge in [0.15, 0.2) is 0 Å². The van der Waals surface area contributed by atoms with Crippen LogP contribution >= 0.6 is 0 Å². The van der Waals surface area contributed by atoms with Crippen LogP contribution in [0, 0.1) is 5.92 Å². The number of nitrogens with one attached hydrogen (secondary N) is 1. The summed E-state index contributed by atoms with van der Waals surface area (Å²) in [5.41, 5.74) is 1.29. The minimum absolute atomic E-state index is 0.0736. The van der Waals surface area contributed by atoms with Gasteiger partial charge in [-0.2, -0.15) is 0 Å². The molecule has 1 aromatic heterocycles. The highest BCUT2D eigenvalue weighted by molar-refractivity contribution is 5.79. The van der Waals surface area contributed by atoms with E-state index in [0.717, 1.165) is 38.3 Å². The van der Waals surface area contributed by atoms with Crippen molar-refractivity contribution in [2.24, 2.45) is 5.92 Å². The number of nitrogens with zero attached hydrogens (tertiary/aromatic N) is 4. The fourth-order valence-electron chi connectivity index (χ4n) is 3.48. The topological polar surface area (TPSA) is 61.4 Å². The third-order valence-corrected chi connectivity index (χ3v) is 5.26. The van der Waals surface area contributed by atoms with Crippen LogP contribution in [0.4, 0.5) is 5.95 Å². The molecule has 6 nitrogen and oxygen atoms in total. The van der Waals surface area contributed by atoms with E-state index in [4.69, 9.17) is 0 Å². The van der Waals surface area contributed by atoms with Gasteiger partial charge in [-0.15, -0.1) is 0 Å². The molecule has 144 valence electrons. The van der Waals surface area contributed by atoms with Gasteiger partial charge in [0.2, 0.25) is 11.9 Å². The molecule has 0 unspecified atom stereocenters. The first-order chi connectivity index (χ1) is 13.1. The van der Waals surface area contributed by atoms with Crippen molar-refractivity contribution in [3.8, 4) is 0 Å². The number of benzene rings is 1. The summed E-state index contributed by atoms with van der Waals surface area (Å²) in [5.74, 6) is 1.000. The minimum Gasteiger partial charge on any atom is -0.354 e. The molecule has 1 fully saturated rings. The lowest BCUT2D eigenvalue weighted by Crippen LogP contribution is -2.46. The van der Waals surface area contributed by atoms with Crippen molar-refractivity contribution >= 4 is 11.9 Å². The molecule has 1 amide bonds. The summed E-state index contributed by atoms with van der Waals surface area (Å²) < 4.78 is 0. The number of amides is 1. The molecule has 1 atom stereocenters. The van der Waals surface area contributed by atoms with E-state index in [9.17, 15) is 4.79 Å². The van der Waals surface area contributed by atoms with Crippen LogP contribution < -0.4 is 10.2 Å². The van der Waals surface area contributed by atoms with Gasteiger partial charge in [-0.25, -0.2) is 9.97 Å². The average Bonchev–Trinajstić information content (AvgIpc) is 2.72. The lowest BCUT2D eigenvalue weighted by Gasteiger charge is -2.32. The van der Waals surface area contributed by atoms with Gasteiger partial charge in [0, 0.05) is 44.0 Å². The summed E-state index contributed by atoms with van der Waals surface area (Å²) in [6.07, 6.45) is 6.13. The zero-order valence-corrected chi connectivity index (χ0v) is 16.2. The van der Waals surface area contributed by atoms with Crippen LogP contribution in [-0.4, -0.2) is 60.5 Å². The third-order valence-electron chi connectivity index (χ3n) is 5.26. The van der Waals surface area contributed by atoms with Crippen LogP contribution in [0.5, 0.6) is 0 Å². The van der Waals surface area contributed by atoms with Crippen LogP contribution in [-0.2, 0) is 11.2 Å². The van der Waals surface area contributed by atoms with Crippen LogP contribution in [0.2, 0.25) is 0 Å². The Morgan fingerprint density at radius 1 is 1.15 bits per heavy atom. The fraction of sp³-hybridized carbons (Fsp3) is 0.476. The predicted octanol–water partition coefficient (Wildman–Crippen LogP) is 1.98. The fourth-order valence-corrected chi connectivity index (χ4v) is 3.48. The number of likely N-dealkylation sites (N-methyl/N-ethyl adjacent to an activating group) is 1. The zero-order valence-electron chi connectivity index (χ0n) is 16.2. The van der Waals surface area contributed by atoms with E-state index in [1.807, 2.05) is 12.1 Å². The first kappa shape index (κ1) is 19.3. The van der Waals surface area contributed by atoms with Gasteiger partial charge in [-0.1, -0.05) is 30.3 Å². The molecule has 2 aromatic rings. The molecule has 0 spiro atoms. The molecular weight excluding hydrogens is 338 g/mol. The quantitative estimate of drug-likeness (QED) is 0.811. The number of carbonyl (C=O) groups is 1. The number of aromatic nitrogens is 2. The molecule has 0 saturated carbocycles. The van der Waals surface area contributed by atoms with Crippen LogP contribution in [0.25, 0.3) is 0 Å². The second-order valence-corrected chi connectivity index (χ2v) is 7.36. The lowest BCUT2D eigenvalue weighted by atomic mass is 9.96. The third kappa shape index (κ3) is 5.50. The maximum atomic E-state index is 12.6. The Balaban J connectivity index is 1.47. The molecule has 0 aliphatic carbocycles. The maximum Gasteiger partial charge on any atom is 0.225 e. The number of piperidine rings is 1. The molecule has 2 heterocycles. The number of rotatable bonds is 7. The minimum atomic E-state index is 0.0736. The van der Waals surface area contributed by atoms with Crippen molar-refractivity contribution in [1.29, 1.82) is 0 Å². The van der Waals surface area contributed by atoms with Crippen molar-refractivity contribution < 1.29 is 4.79 Å². The molecule has 1 N–H and O–H groups in total. The highest BCUT2D eigenvalue weighted by atomic mass is 16.1. The average molecular weight is 367 g/mol.